The average Bonchev–Trinajstić information content (AvgIpc) is 2.82. The van der Waals surface area contributed by atoms with Crippen LogP contribution in [0.1, 0.15) is 37.2 Å². The van der Waals surface area contributed by atoms with Gasteiger partial charge in [-0.3, -0.25) is 4.98 Å². The molecule has 2 aliphatic rings. The van der Waals surface area contributed by atoms with E-state index >= 15 is 0 Å². The van der Waals surface area contributed by atoms with Gasteiger partial charge in [0.1, 0.15) is 5.82 Å². The highest BCUT2D eigenvalue weighted by molar-refractivity contribution is 6.00. The summed E-state index contributed by atoms with van der Waals surface area (Å²) >= 11 is 0. The van der Waals surface area contributed by atoms with E-state index in [2.05, 4.69) is 9.83 Å². The van der Waals surface area contributed by atoms with Gasteiger partial charge in [-0.2, -0.15) is 0 Å². The lowest BCUT2D eigenvalue weighted by Crippen LogP contribution is -2.46. The highest BCUT2D eigenvalue weighted by Crippen LogP contribution is 2.51. The molecule has 0 spiro atoms. The molecule has 0 saturated carbocycles. The topological polar surface area (TPSA) is 60.1 Å². The highest BCUT2D eigenvalue weighted by atomic mass is 19.1. The number of halogens is 1. The van der Waals surface area contributed by atoms with E-state index in [0.717, 1.165) is 28.9 Å². The summed E-state index contributed by atoms with van der Waals surface area (Å²) < 4.78 is 14.9. The van der Waals surface area contributed by atoms with E-state index in [-0.39, 0.29) is 29.1 Å². The zero-order chi connectivity index (χ0) is 23.3. The molecule has 2 aromatic heterocycles. The Hall–Kier alpha value is -3.72. The Kier molecular flexibility index (Phi) is 4.93. The van der Waals surface area contributed by atoms with Gasteiger partial charge in [0, 0.05) is 39.9 Å². The van der Waals surface area contributed by atoms with Crippen LogP contribution >= 0.6 is 0 Å². The minimum absolute atomic E-state index is 0.00960. The Labute approximate surface area is 192 Å². The molecule has 0 saturated heterocycles. The second kappa shape index (κ2) is 7.70. The van der Waals surface area contributed by atoms with Gasteiger partial charge in [-0.15, -0.1) is 0 Å². The summed E-state index contributed by atoms with van der Waals surface area (Å²) in [6, 6.07) is 10.4. The van der Waals surface area contributed by atoms with Crippen LogP contribution in [-0.2, 0) is 16.6 Å². The van der Waals surface area contributed by atoms with Crippen LogP contribution in [-0.4, -0.2) is 20.7 Å². The van der Waals surface area contributed by atoms with E-state index in [9.17, 15) is 9.18 Å². The third-order valence-corrected chi connectivity index (χ3v) is 7.12. The predicted molar refractivity (Wildman–Crippen MR) is 123 cm³/mol. The summed E-state index contributed by atoms with van der Waals surface area (Å²) in [7, 11) is 0. The number of pyridine rings is 1. The maximum Gasteiger partial charge on any atom is 0.226 e. The molecule has 1 aromatic carbocycles. The second-order valence-corrected chi connectivity index (χ2v) is 9.11. The molecule has 164 valence electrons. The number of aryl methyl sites for hydroxylation is 1. The molecule has 5 rings (SSSR count). The van der Waals surface area contributed by atoms with Crippen LogP contribution in [0, 0.1) is 31.1 Å². The first kappa shape index (κ1) is 21.1. The van der Waals surface area contributed by atoms with Crippen LogP contribution in [0.25, 0.3) is 27.5 Å². The zero-order valence-corrected chi connectivity index (χ0v) is 18.8. The predicted octanol–water partition coefficient (Wildman–Crippen LogP) is 5.50. The number of carbonyl (C=O) groups excluding carboxylic acids is 1. The minimum Gasteiger partial charge on any atom is -0.308 e. The minimum atomic E-state index is -0.628. The number of ketones is 1. The molecule has 0 bridgehead atoms. The van der Waals surface area contributed by atoms with Gasteiger partial charge in [-0.05, 0) is 49.9 Å². The molecule has 0 aliphatic heterocycles. The van der Waals surface area contributed by atoms with Crippen molar-refractivity contribution in [1.29, 1.82) is 0 Å². The van der Waals surface area contributed by atoms with Crippen molar-refractivity contribution in [2.24, 2.45) is 11.8 Å². The normalized spacial score (nSPS) is 23.8. The number of hydrogen-bond donors (Lipinski definition) is 0. The van der Waals surface area contributed by atoms with Gasteiger partial charge < -0.3 is 4.79 Å². The first-order chi connectivity index (χ1) is 15.8. The summed E-state index contributed by atoms with van der Waals surface area (Å²) in [6.07, 6.45) is 4.89. The van der Waals surface area contributed by atoms with Crippen LogP contribution in [0.15, 0.2) is 54.4 Å². The number of Topliss-reactive ketones (excluding diaryl/α,β-unsaturated/α-hetero) is 1. The number of allylic oxidation sites excluding steroid dienone is 2. The van der Waals surface area contributed by atoms with Crippen LogP contribution in [0.5, 0.6) is 0 Å². The third kappa shape index (κ3) is 3.27. The molecule has 2 aliphatic carbocycles. The van der Waals surface area contributed by atoms with E-state index in [1.807, 2.05) is 32.9 Å². The van der Waals surface area contributed by atoms with Gasteiger partial charge in [-0.25, -0.2) is 19.2 Å². The number of hydrogen-bond acceptors (Lipinski definition) is 4. The van der Waals surface area contributed by atoms with Crippen molar-refractivity contribution >= 4 is 5.78 Å². The fraction of sp³-hybridized carbons (Fsp3) is 0.296. The molecule has 5 nitrogen and oxygen atoms in total. The largest absolute Gasteiger partial charge is 0.308 e. The van der Waals surface area contributed by atoms with Crippen molar-refractivity contribution in [3.8, 4) is 22.6 Å². The molecule has 0 unspecified atom stereocenters. The van der Waals surface area contributed by atoms with Crippen LogP contribution in [0.4, 0.5) is 4.39 Å². The number of nitrogens with zero attached hydrogens (tertiary/aromatic N) is 4. The first-order valence-corrected chi connectivity index (χ1v) is 11.1. The average molecular weight is 439 g/mol. The standard InChI is InChI=1S/C27H23FN4O/c1-15-9-10-17(14-30-15)26-31-23(18-7-5-6-8-21(18)28)19-11-12-20-16(2)24(33)22(29-4)13-27(20,3)25(19)32-26/h5-10,13-14,16,20H,11-12H2,1-3H3/t16-,20-,27-/m1/s1. The third-order valence-electron chi connectivity index (χ3n) is 7.12. The maximum absolute atomic E-state index is 14.9. The van der Waals surface area contributed by atoms with Crippen molar-refractivity contribution in [3.63, 3.8) is 0 Å². The summed E-state index contributed by atoms with van der Waals surface area (Å²) in [4.78, 5) is 30.5. The van der Waals surface area contributed by atoms with Gasteiger partial charge >= 0.3 is 0 Å². The Balaban J connectivity index is 1.82. The number of benzene rings is 1. The Bertz CT molecular complexity index is 1360. The maximum atomic E-state index is 14.9. The Morgan fingerprint density at radius 3 is 2.67 bits per heavy atom. The number of fused-ring (bicyclic) bond motifs is 3. The molecule has 33 heavy (non-hydrogen) atoms. The van der Waals surface area contributed by atoms with Gasteiger partial charge in [0.25, 0.3) is 0 Å². The summed E-state index contributed by atoms with van der Waals surface area (Å²) in [5.74, 6) is -0.266. The summed E-state index contributed by atoms with van der Waals surface area (Å²) in [6.45, 7) is 13.4. The van der Waals surface area contributed by atoms with Crippen molar-refractivity contribution in [3.05, 3.63) is 88.6 Å². The molecule has 0 fully saturated rings. The number of rotatable bonds is 2. The van der Waals surface area contributed by atoms with Crippen molar-refractivity contribution < 1.29 is 9.18 Å². The van der Waals surface area contributed by atoms with Crippen molar-refractivity contribution in [1.82, 2.24) is 15.0 Å². The number of aromatic nitrogens is 3. The lowest BCUT2D eigenvalue weighted by molar-refractivity contribution is -0.121. The highest BCUT2D eigenvalue weighted by Gasteiger charge is 2.49. The monoisotopic (exact) mass is 438 g/mol. The van der Waals surface area contributed by atoms with E-state index in [4.69, 9.17) is 16.5 Å². The SMILES string of the molecule is [C-]#[N+]C1=C[C@@]2(C)c3nc(-c4ccc(C)nc4)nc(-c4ccccc4F)c3CC[C@@H]2[C@@H](C)C1=O. The van der Waals surface area contributed by atoms with Crippen molar-refractivity contribution in [2.45, 2.75) is 39.0 Å². The molecule has 2 heterocycles. The van der Waals surface area contributed by atoms with Gasteiger partial charge in [0.15, 0.2) is 11.6 Å². The molecule has 0 N–H and O–H groups in total. The molecular formula is C27H23FN4O. The van der Waals surface area contributed by atoms with Gasteiger partial charge in [0.05, 0.1) is 18.0 Å². The molecule has 0 radical (unpaired) electrons. The van der Waals surface area contributed by atoms with Crippen LogP contribution < -0.4 is 0 Å². The van der Waals surface area contributed by atoms with E-state index < -0.39 is 5.41 Å². The fourth-order valence-corrected chi connectivity index (χ4v) is 5.35. The van der Waals surface area contributed by atoms with E-state index in [1.54, 1.807) is 30.5 Å². The quantitative estimate of drug-likeness (QED) is 0.496. The van der Waals surface area contributed by atoms with Crippen LogP contribution in [0.3, 0.4) is 0 Å². The fourth-order valence-electron chi connectivity index (χ4n) is 5.35. The Morgan fingerprint density at radius 2 is 1.97 bits per heavy atom. The second-order valence-electron chi connectivity index (χ2n) is 9.11. The molecule has 3 atom stereocenters. The van der Waals surface area contributed by atoms with Crippen LogP contribution in [0.2, 0.25) is 0 Å². The van der Waals surface area contributed by atoms with E-state index in [1.165, 1.54) is 6.07 Å². The molecule has 0 amide bonds. The van der Waals surface area contributed by atoms with E-state index in [0.29, 0.717) is 23.5 Å². The zero-order valence-electron chi connectivity index (χ0n) is 18.8. The molecule has 6 heteroatoms. The van der Waals surface area contributed by atoms with Gasteiger partial charge in [0.2, 0.25) is 5.70 Å². The Morgan fingerprint density at radius 1 is 1.18 bits per heavy atom. The smallest absolute Gasteiger partial charge is 0.226 e. The first-order valence-electron chi connectivity index (χ1n) is 11.1. The summed E-state index contributed by atoms with van der Waals surface area (Å²) in [5, 5.41) is 0. The number of carbonyl (C=O) groups is 1. The lowest BCUT2D eigenvalue weighted by Gasteiger charge is -2.46. The molecular weight excluding hydrogens is 415 g/mol. The van der Waals surface area contributed by atoms with Crippen molar-refractivity contribution in [2.75, 3.05) is 0 Å². The lowest BCUT2D eigenvalue weighted by atomic mass is 9.58. The molecule has 3 aromatic rings. The van der Waals surface area contributed by atoms with Gasteiger partial charge in [-0.1, -0.05) is 32.1 Å². The summed E-state index contributed by atoms with van der Waals surface area (Å²) in [5.41, 5.74) is 3.77.